The molecule has 6 heteroatoms. The summed E-state index contributed by atoms with van der Waals surface area (Å²) >= 11 is 0. The van der Waals surface area contributed by atoms with E-state index in [0.29, 0.717) is 25.1 Å². The Balaban J connectivity index is 1.96. The summed E-state index contributed by atoms with van der Waals surface area (Å²) in [6, 6.07) is 7.25. The summed E-state index contributed by atoms with van der Waals surface area (Å²) in [7, 11) is 1.58. The molecule has 1 heterocycles. The van der Waals surface area contributed by atoms with Crippen LogP contribution in [0.25, 0.3) is 6.08 Å². The number of nitrogens with zero attached hydrogens (tertiary/aromatic N) is 1. The average Bonchev–Trinajstić information content (AvgIpc) is 2.84. The molecule has 0 saturated carbocycles. The van der Waals surface area contributed by atoms with Crippen molar-refractivity contribution in [3.05, 3.63) is 35.4 Å². The Morgan fingerprint density at radius 2 is 1.96 bits per heavy atom. The summed E-state index contributed by atoms with van der Waals surface area (Å²) in [6.45, 7) is 2.72. The van der Waals surface area contributed by atoms with Crippen LogP contribution in [0.4, 0.5) is 0 Å². The maximum Gasteiger partial charge on any atom is 0.305 e. The van der Waals surface area contributed by atoms with Crippen LogP contribution >= 0.6 is 0 Å². The van der Waals surface area contributed by atoms with Crippen molar-refractivity contribution in [2.45, 2.75) is 19.8 Å². The number of ketones is 1. The molecule has 1 saturated heterocycles. The molecule has 0 unspecified atom stereocenters. The molecule has 6 nitrogen and oxygen atoms in total. The van der Waals surface area contributed by atoms with Gasteiger partial charge in [-0.2, -0.15) is 0 Å². The number of esters is 1. The lowest BCUT2D eigenvalue weighted by atomic mass is 10.1. The maximum absolute atomic E-state index is 12.1. The van der Waals surface area contributed by atoms with E-state index in [4.69, 9.17) is 9.47 Å². The zero-order valence-corrected chi connectivity index (χ0v) is 13.9. The highest BCUT2D eigenvalue weighted by Gasteiger charge is 2.33. The molecule has 1 aromatic rings. The fourth-order valence-electron chi connectivity index (χ4n) is 2.47. The quantitative estimate of drug-likeness (QED) is 0.433. The first-order valence-electron chi connectivity index (χ1n) is 7.89. The van der Waals surface area contributed by atoms with Crippen molar-refractivity contribution in [3.63, 3.8) is 0 Å². The van der Waals surface area contributed by atoms with E-state index in [9.17, 15) is 14.4 Å². The van der Waals surface area contributed by atoms with E-state index in [1.54, 1.807) is 32.2 Å². The van der Waals surface area contributed by atoms with E-state index in [0.717, 1.165) is 11.3 Å². The van der Waals surface area contributed by atoms with Gasteiger partial charge in [0, 0.05) is 18.5 Å². The number of methoxy groups -OCH3 is 1. The molecule has 1 aliphatic heterocycles. The maximum atomic E-state index is 12.1. The SMILES string of the molecule is CCOC(=O)CCCN1C/C(=C\c2ccc(OC)cc2)C(=O)C1=O. The molecule has 0 atom stereocenters. The number of Topliss-reactive ketones (excluding diaryl/α,β-unsaturated/α-hetero) is 1. The normalized spacial score (nSPS) is 15.9. The molecular weight excluding hydrogens is 310 g/mol. The number of hydrogen-bond acceptors (Lipinski definition) is 5. The fraction of sp³-hybridized carbons (Fsp3) is 0.389. The number of ether oxygens (including phenoxy) is 2. The number of amides is 1. The highest BCUT2D eigenvalue weighted by atomic mass is 16.5. The van der Waals surface area contributed by atoms with Gasteiger partial charge in [-0.1, -0.05) is 12.1 Å². The lowest BCUT2D eigenvalue weighted by Crippen LogP contribution is -2.28. The van der Waals surface area contributed by atoms with Crippen LogP contribution in [0.5, 0.6) is 5.75 Å². The van der Waals surface area contributed by atoms with E-state index in [2.05, 4.69) is 0 Å². The van der Waals surface area contributed by atoms with Gasteiger partial charge in [-0.25, -0.2) is 0 Å². The molecule has 0 spiro atoms. The molecule has 1 aliphatic rings. The summed E-state index contributed by atoms with van der Waals surface area (Å²) in [4.78, 5) is 36.8. The molecule has 0 aliphatic carbocycles. The largest absolute Gasteiger partial charge is 0.497 e. The Morgan fingerprint density at radius 1 is 1.25 bits per heavy atom. The minimum Gasteiger partial charge on any atom is -0.497 e. The molecule has 24 heavy (non-hydrogen) atoms. The van der Waals surface area contributed by atoms with Crippen molar-refractivity contribution in [1.82, 2.24) is 4.90 Å². The van der Waals surface area contributed by atoms with Gasteiger partial charge in [0.05, 0.1) is 20.3 Å². The molecule has 1 amide bonds. The number of rotatable bonds is 7. The molecule has 1 aromatic carbocycles. The number of carbonyl (C=O) groups excluding carboxylic acids is 3. The third kappa shape index (κ3) is 4.44. The minimum atomic E-state index is -0.515. The Bertz CT molecular complexity index is 648. The van der Waals surface area contributed by atoms with E-state index in [1.807, 2.05) is 12.1 Å². The minimum absolute atomic E-state index is 0.239. The van der Waals surface area contributed by atoms with Crippen LogP contribution in [0.2, 0.25) is 0 Å². The number of benzene rings is 1. The number of likely N-dealkylation sites (tertiary alicyclic amines) is 1. The lowest BCUT2D eigenvalue weighted by Gasteiger charge is -2.13. The summed E-state index contributed by atoms with van der Waals surface area (Å²) in [5.74, 6) is -0.559. The van der Waals surface area contributed by atoms with E-state index < -0.39 is 11.7 Å². The highest BCUT2D eigenvalue weighted by molar-refractivity contribution is 6.45. The van der Waals surface area contributed by atoms with E-state index >= 15 is 0 Å². The Kier molecular flexibility index (Phi) is 6.12. The standard InChI is InChI=1S/C18H21NO5/c1-3-24-16(20)5-4-10-19-12-14(17(21)18(19)22)11-13-6-8-15(23-2)9-7-13/h6-9,11H,3-5,10,12H2,1-2H3/b14-11+. The summed E-state index contributed by atoms with van der Waals surface area (Å²) in [5, 5.41) is 0. The molecule has 128 valence electrons. The third-order valence-corrected chi connectivity index (χ3v) is 3.71. The van der Waals surface area contributed by atoms with Gasteiger partial charge in [0.2, 0.25) is 5.78 Å². The summed E-state index contributed by atoms with van der Waals surface area (Å²) in [5.41, 5.74) is 1.29. The summed E-state index contributed by atoms with van der Waals surface area (Å²) < 4.78 is 9.93. The lowest BCUT2D eigenvalue weighted by molar-refractivity contribution is -0.143. The van der Waals surface area contributed by atoms with Gasteiger partial charge < -0.3 is 14.4 Å². The van der Waals surface area contributed by atoms with Gasteiger partial charge in [0.25, 0.3) is 5.91 Å². The Hall–Kier alpha value is -2.63. The number of hydrogen-bond donors (Lipinski definition) is 0. The van der Waals surface area contributed by atoms with Gasteiger partial charge in [0.15, 0.2) is 0 Å². The predicted molar refractivity (Wildman–Crippen MR) is 88.4 cm³/mol. The van der Waals surface area contributed by atoms with E-state index in [-0.39, 0.29) is 18.9 Å². The van der Waals surface area contributed by atoms with Crippen LogP contribution in [0, 0.1) is 0 Å². The van der Waals surface area contributed by atoms with Gasteiger partial charge in [0.1, 0.15) is 5.75 Å². The second-order valence-corrected chi connectivity index (χ2v) is 5.41. The Labute approximate surface area is 141 Å². The first-order chi connectivity index (χ1) is 11.5. The second kappa shape index (κ2) is 8.29. The average molecular weight is 331 g/mol. The van der Waals surface area contributed by atoms with Crippen LogP contribution in [0.3, 0.4) is 0 Å². The monoisotopic (exact) mass is 331 g/mol. The molecule has 0 radical (unpaired) electrons. The van der Waals surface area contributed by atoms with Crippen molar-refractivity contribution >= 4 is 23.7 Å². The first kappa shape index (κ1) is 17.7. The smallest absolute Gasteiger partial charge is 0.305 e. The third-order valence-electron chi connectivity index (χ3n) is 3.71. The second-order valence-electron chi connectivity index (χ2n) is 5.41. The van der Waals surface area contributed by atoms with Crippen molar-refractivity contribution in [2.24, 2.45) is 0 Å². The highest BCUT2D eigenvalue weighted by Crippen LogP contribution is 2.19. The van der Waals surface area contributed by atoms with Crippen LogP contribution < -0.4 is 4.74 Å². The summed E-state index contributed by atoms with van der Waals surface area (Å²) in [6.07, 6.45) is 2.43. The zero-order valence-electron chi connectivity index (χ0n) is 13.9. The van der Waals surface area contributed by atoms with E-state index in [1.165, 1.54) is 4.90 Å². The van der Waals surface area contributed by atoms with Crippen molar-refractivity contribution in [3.8, 4) is 5.75 Å². The topological polar surface area (TPSA) is 72.9 Å². The van der Waals surface area contributed by atoms with Gasteiger partial charge in [-0.3, -0.25) is 14.4 Å². The van der Waals surface area contributed by atoms with Crippen molar-refractivity contribution in [1.29, 1.82) is 0 Å². The van der Waals surface area contributed by atoms with Gasteiger partial charge >= 0.3 is 5.97 Å². The predicted octanol–water partition coefficient (Wildman–Crippen LogP) is 1.83. The number of carbonyl (C=O) groups is 3. The molecule has 0 bridgehead atoms. The van der Waals surface area contributed by atoms with Crippen molar-refractivity contribution < 1.29 is 23.9 Å². The van der Waals surface area contributed by atoms with Crippen LogP contribution in [0.15, 0.2) is 29.8 Å². The zero-order chi connectivity index (χ0) is 17.5. The Morgan fingerprint density at radius 3 is 2.58 bits per heavy atom. The molecule has 2 rings (SSSR count). The molecule has 1 fully saturated rings. The molecule has 0 aromatic heterocycles. The molecular formula is C18H21NO5. The van der Waals surface area contributed by atoms with Crippen LogP contribution in [-0.4, -0.2) is 49.4 Å². The first-order valence-corrected chi connectivity index (χ1v) is 7.89. The molecule has 0 N–H and O–H groups in total. The fourth-order valence-corrected chi connectivity index (χ4v) is 2.47. The van der Waals surface area contributed by atoms with Crippen LogP contribution in [0.1, 0.15) is 25.3 Å². The van der Waals surface area contributed by atoms with Crippen LogP contribution in [-0.2, 0) is 19.1 Å². The van der Waals surface area contributed by atoms with Gasteiger partial charge in [-0.05, 0) is 37.1 Å². The van der Waals surface area contributed by atoms with Gasteiger partial charge in [-0.15, -0.1) is 0 Å². The van der Waals surface area contributed by atoms with Crippen molar-refractivity contribution in [2.75, 3.05) is 26.8 Å².